The third kappa shape index (κ3) is 3.71. The number of carbonyl (C=O) groups excluding carboxylic acids is 2. The Labute approximate surface area is 189 Å². The molecule has 0 bridgehead atoms. The number of ether oxygens (including phenoxy) is 1. The van der Waals surface area contributed by atoms with Crippen molar-refractivity contribution in [1.29, 1.82) is 0 Å². The number of aromatic amines is 1. The Kier molecular flexibility index (Phi) is 5.50. The van der Waals surface area contributed by atoms with E-state index in [9.17, 15) is 9.59 Å². The van der Waals surface area contributed by atoms with Crippen molar-refractivity contribution in [3.05, 3.63) is 77.6 Å². The van der Waals surface area contributed by atoms with E-state index >= 15 is 4.39 Å². The maximum absolute atomic E-state index is 15.5. The number of aromatic nitrogens is 1. The minimum absolute atomic E-state index is 0.101. The molecule has 7 heteroatoms. The summed E-state index contributed by atoms with van der Waals surface area (Å²) in [4.78, 5) is 26.7. The van der Waals surface area contributed by atoms with Gasteiger partial charge in [-0.05, 0) is 41.0 Å². The van der Waals surface area contributed by atoms with E-state index in [-0.39, 0.29) is 11.6 Å². The zero-order valence-electron chi connectivity index (χ0n) is 17.7. The topological polar surface area (TPSA) is 97.2 Å². The molecule has 1 aliphatic heterocycles. The zero-order valence-corrected chi connectivity index (χ0v) is 17.7. The summed E-state index contributed by atoms with van der Waals surface area (Å²) >= 11 is 0. The fourth-order valence-corrected chi connectivity index (χ4v) is 4.58. The van der Waals surface area contributed by atoms with E-state index < -0.39 is 11.7 Å². The first-order valence-electron chi connectivity index (χ1n) is 10.7. The lowest BCUT2D eigenvalue weighted by Crippen LogP contribution is -2.42. The number of carbonyl (C=O) groups is 2. The fourth-order valence-electron chi connectivity index (χ4n) is 4.58. The molecule has 2 heterocycles. The van der Waals surface area contributed by atoms with Crippen LogP contribution >= 0.6 is 0 Å². The molecule has 1 saturated heterocycles. The standard InChI is InChI=1S/C26H22FN3O3/c27-20-13-19(26(28)32)25-24(18-6-1-2-7-21(18)30-25)23(20)16-5-3-4-15(12-16)17(8-10-31)22-14-33-11-9-29-22/h1-8,10,12-13,22,29-30H,9,11,14H2,(H2,28,32). The SMILES string of the molecule is NC(=O)c1cc(F)c(-c2cccc(C(=CC=O)C3COCCN3)c2)c2c1[nH]c1ccccc12. The highest BCUT2D eigenvalue weighted by atomic mass is 19.1. The number of benzene rings is 3. The van der Waals surface area contributed by atoms with E-state index in [1.54, 1.807) is 0 Å². The summed E-state index contributed by atoms with van der Waals surface area (Å²) in [5.74, 6) is -1.25. The molecule has 4 N–H and O–H groups in total. The molecule has 5 rings (SSSR count). The molecule has 0 aliphatic carbocycles. The number of amides is 1. The van der Waals surface area contributed by atoms with Gasteiger partial charge in [0, 0.05) is 28.4 Å². The van der Waals surface area contributed by atoms with Crippen LogP contribution in [-0.2, 0) is 9.53 Å². The number of hydrogen-bond acceptors (Lipinski definition) is 4. The van der Waals surface area contributed by atoms with Gasteiger partial charge in [0.2, 0.25) is 0 Å². The Hall–Kier alpha value is -3.81. The van der Waals surface area contributed by atoms with Gasteiger partial charge in [-0.2, -0.15) is 0 Å². The molecule has 0 spiro atoms. The molecule has 3 aromatic carbocycles. The molecule has 6 nitrogen and oxygen atoms in total. The van der Waals surface area contributed by atoms with Crippen molar-refractivity contribution in [3.63, 3.8) is 0 Å². The maximum atomic E-state index is 15.5. The molecule has 1 aliphatic rings. The second-order valence-corrected chi connectivity index (χ2v) is 7.99. The van der Waals surface area contributed by atoms with E-state index in [1.807, 2.05) is 48.5 Å². The predicted octanol–water partition coefficient (Wildman–Crippen LogP) is 3.80. The first-order chi connectivity index (χ1) is 16.1. The lowest BCUT2D eigenvalue weighted by Gasteiger charge is -2.26. The normalized spacial score (nSPS) is 16.9. The number of primary amides is 1. The van der Waals surface area contributed by atoms with Gasteiger partial charge in [-0.15, -0.1) is 0 Å². The van der Waals surface area contributed by atoms with Gasteiger partial charge < -0.3 is 20.8 Å². The average Bonchev–Trinajstić information content (AvgIpc) is 3.22. The number of rotatable bonds is 5. The number of H-pyrrole nitrogens is 1. The molecule has 1 aromatic heterocycles. The Balaban J connectivity index is 1.74. The number of hydrogen-bond donors (Lipinski definition) is 3. The number of fused-ring (bicyclic) bond motifs is 3. The van der Waals surface area contributed by atoms with E-state index in [1.165, 1.54) is 12.1 Å². The Morgan fingerprint density at radius 2 is 2.00 bits per heavy atom. The molecule has 0 saturated carbocycles. The number of nitrogens with two attached hydrogens (primary N) is 1. The van der Waals surface area contributed by atoms with Crippen molar-refractivity contribution in [1.82, 2.24) is 10.3 Å². The fraction of sp³-hybridized carbons (Fsp3) is 0.154. The molecule has 1 fully saturated rings. The van der Waals surface area contributed by atoms with Crippen LogP contribution in [0.15, 0.2) is 60.7 Å². The van der Waals surface area contributed by atoms with E-state index in [0.717, 1.165) is 28.3 Å². The highest BCUT2D eigenvalue weighted by molar-refractivity contribution is 6.20. The second kappa shape index (κ2) is 8.61. The molecule has 1 amide bonds. The van der Waals surface area contributed by atoms with Crippen LogP contribution in [0.2, 0.25) is 0 Å². The van der Waals surface area contributed by atoms with Crippen molar-refractivity contribution in [2.75, 3.05) is 19.8 Å². The molecule has 166 valence electrons. The molecule has 0 radical (unpaired) electrons. The quantitative estimate of drug-likeness (QED) is 0.323. The summed E-state index contributed by atoms with van der Waals surface area (Å²) < 4.78 is 21.1. The van der Waals surface area contributed by atoms with Crippen molar-refractivity contribution in [2.24, 2.45) is 5.73 Å². The highest BCUT2D eigenvalue weighted by Crippen LogP contribution is 2.39. The lowest BCUT2D eigenvalue weighted by atomic mass is 9.91. The number of para-hydroxylation sites is 1. The third-order valence-corrected chi connectivity index (χ3v) is 6.03. The van der Waals surface area contributed by atoms with Crippen molar-refractivity contribution < 1.29 is 18.7 Å². The molecule has 1 unspecified atom stereocenters. The van der Waals surface area contributed by atoms with Crippen LogP contribution in [0.3, 0.4) is 0 Å². The molecule has 33 heavy (non-hydrogen) atoms. The number of allylic oxidation sites excluding steroid dienone is 1. The third-order valence-electron chi connectivity index (χ3n) is 6.03. The van der Waals surface area contributed by atoms with Crippen molar-refractivity contribution in [2.45, 2.75) is 6.04 Å². The summed E-state index contributed by atoms with van der Waals surface area (Å²) in [6.07, 6.45) is 2.26. The molecule has 1 atom stereocenters. The van der Waals surface area contributed by atoms with Gasteiger partial charge in [0.1, 0.15) is 12.1 Å². The van der Waals surface area contributed by atoms with Crippen molar-refractivity contribution >= 4 is 39.6 Å². The first kappa shape index (κ1) is 21.1. The summed E-state index contributed by atoms with van der Waals surface area (Å²) in [5.41, 5.74) is 9.49. The predicted molar refractivity (Wildman–Crippen MR) is 126 cm³/mol. The Morgan fingerprint density at radius 1 is 1.15 bits per heavy atom. The summed E-state index contributed by atoms with van der Waals surface area (Å²) in [6, 6.07) is 15.9. The second-order valence-electron chi connectivity index (χ2n) is 7.99. The van der Waals surface area contributed by atoms with Gasteiger partial charge >= 0.3 is 0 Å². The van der Waals surface area contributed by atoms with Crippen LogP contribution in [0.25, 0.3) is 38.5 Å². The number of nitrogens with one attached hydrogen (secondary N) is 2. The van der Waals surface area contributed by atoms with Gasteiger partial charge in [0.25, 0.3) is 5.91 Å². The van der Waals surface area contributed by atoms with Gasteiger partial charge in [0.05, 0.1) is 30.3 Å². The summed E-state index contributed by atoms with van der Waals surface area (Å²) in [5, 5.41) is 4.75. The van der Waals surface area contributed by atoms with Crippen LogP contribution in [0.1, 0.15) is 15.9 Å². The van der Waals surface area contributed by atoms with Gasteiger partial charge in [0.15, 0.2) is 0 Å². The van der Waals surface area contributed by atoms with Crippen LogP contribution in [-0.4, -0.2) is 43.0 Å². The highest BCUT2D eigenvalue weighted by Gasteiger charge is 2.23. The maximum Gasteiger partial charge on any atom is 0.250 e. The lowest BCUT2D eigenvalue weighted by molar-refractivity contribution is -0.104. The van der Waals surface area contributed by atoms with Gasteiger partial charge in [-0.1, -0.05) is 36.4 Å². The number of aldehydes is 1. The largest absolute Gasteiger partial charge is 0.378 e. The van der Waals surface area contributed by atoms with E-state index in [0.29, 0.717) is 41.8 Å². The number of halogens is 1. The minimum atomic E-state index is -0.703. The summed E-state index contributed by atoms with van der Waals surface area (Å²) in [7, 11) is 0. The van der Waals surface area contributed by atoms with Gasteiger partial charge in [-0.3, -0.25) is 9.59 Å². The average molecular weight is 443 g/mol. The number of morpholine rings is 1. The smallest absolute Gasteiger partial charge is 0.250 e. The van der Waals surface area contributed by atoms with Crippen LogP contribution in [0.5, 0.6) is 0 Å². The monoisotopic (exact) mass is 443 g/mol. The summed E-state index contributed by atoms with van der Waals surface area (Å²) in [6.45, 7) is 1.73. The van der Waals surface area contributed by atoms with Crippen LogP contribution in [0, 0.1) is 5.82 Å². The molecular formula is C26H22FN3O3. The molecule has 4 aromatic rings. The Bertz CT molecular complexity index is 1420. The first-order valence-corrected chi connectivity index (χ1v) is 10.7. The molecular weight excluding hydrogens is 421 g/mol. The van der Waals surface area contributed by atoms with Crippen molar-refractivity contribution in [3.8, 4) is 11.1 Å². The van der Waals surface area contributed by atoms with E-state index in [2.05, 4.69) is 10.3 Å². The van der Waals surface area contributed by atoms with Crippen LogP contribution < -0.4 is 11.1 Å². The zero-order chi connectivity index (χ0) is 22.9. The van der Waals surface area contributed by atoms with E-state index in [4.69, 9.17) is 10.5 Å². The Morgan fingerprint density at radius 3 is 2.76 bits per heavy atom. The van der Waals surface area contributed by atoms with Gasteiger partial charge in [-0.25, -0.2) is 4.39 Å². The van der Waals surface area contributed by atoms with Crippen LogP contribution in [0.4, 0.5) is 4.39 Å². The minimum Gasteiger partial charge on any atom is -0.378 e.